The lowest BCUT2D eigenvalue weighted by atomic mass is 9.82. The van der Waals surface area contributed by atoms with Gasteiger partial charge in [0.05, 0.1) is 12.8 Å². The molecule has 2 aromatic heterocycles. The number of ether oxygens (including phenoxy) is 1. The molecule has 4 rings (SSSR count). The van der Waals surface area contributed by atoms with Gasteiger partial charge in [0, 0.05) is 43.6 Å². The molecule has 8 nitrogen and oxygen atoms in total. The third kappa shape index (κ3) is 2.99. The Morgan fingerprint density at radius 1 is 1.42 bits per heavy atom. The molecular formula is C17H23N5O3S. The van der Waals surface area contributed by atoms with Gasteiger partial charge in [0.15, 0.2) is 0 Å². The Kier molecular flexibility index (Phi) is 4.23. The molecule has 26 heavy (non-hydrogen) atoms. The van der Waals surface area contributed by atoms with E-state index in [9.17, 15) is 8.42 Å². The van der Waals surface area contributed by atoms with Crippen LogP contribution in [0.25, 0.3) is 0 Å². The number of fused-ring (bicyclic) bond motifs is 1. The SMILES string of the molecule is Cc1ccnc(OCC23CCCC2CN(S(=O)(=O)c2cnn(C)c2)C3)n1. The first-order chi connectivity index (χ1) is 12.4. The van der Waals surface area contributed by atoms with Crippen LogP contribution in [0.15, 0.2) is 29.6 Å². The number of hydrogen-bond acceptors (Lipinski definition) is 6. The Morgan fingerprint density at radius 2 is 2.27 bits per heavy atom. The van der Waals surface area contributed by atoms with Crippen molar-refractivity contribution in [2.24, 2.45) is 18.4 Å². The summed E-state index contributed by atoms with van der Waals surface area (Å²) < 4.78 is 34.9. The van der Waals surface area contributed by atoms with Crippen LogP contribution < -0.4 is 4.74 Å². The summed E-state index contributed by atoms with van der Waals surface area (Å²) in [5.74, 6) is 0.304. The first kappa shape index (κ1) is 17.4. The fourth-order valence-electron chi connectivity index (χ4n) is 4.17. The van der Waals surface area contributed by atoms with Crippen molar-refractivity contribution in [3.8, 4) is 6.01 Å². The summed E-state index contributed by atoms with van der Waals surface area (Å²) in [5, 5.41) is 4.00. The van der Waals surface area contributed by atoms with Gasteiger partial charge < -0.3 is 4.74 Å². The number of nitrogens with zero attached hydrogens (tertiary/aromatic N) is 5. The normalized spacial score (nSPS) is 26.2. The maximum atomic E-state index is 12.9. The lowest BCUT2D eigenvalue weighted by Crippen LogP contribution is -2.35. The van der Waals surface area contributed by atoms with Crippen molar-refractivity contribution in [2.75, 3.05) is 19.7 Å². The zero-order valence-electron chi connectivity index (χ0n) is 15.0. The highest BCUT2D eigenvalue weighted by atomic mass is 32.2. The fourth-order valence-corrected chi connectivity index (χ4v) is 5.74. The van der Waals surface area contributed by atoms with Crippen LogP contribution in [0.5, 0.6) is 6.01 Å². The molecular weight excluding hydrogens is 354 g/mol. The molecule has 2 fully saturated rings. The van der Waals surface area contributed by atoms with Crippen molar-refractivity contribution in [1.82, 2.24) is 24.1 Å². The van der Waals surface area contributed by atoms with Crippen molar-refractivity contribution >= 4 is 10.0 Å². The molecule has 0 N–H and O–H groups in total. The molecule has 1 aliphatic heterocycles. The molecule has 1 saturated heterocycles. The van der Waals surface area contributed by atoms with Crippen LogP contribution in [0.3, 0.4) is 0 Å². The summed E-state index contributed by atoms with van der Waals surface area (Å²) in [6.07, 6.45) is 7.72. The van der Waals surface area contributed by atoms with Crippen molar-refractivity contribution in [2.45, 2.75) is 31.1 Å². The van der Waals surface area contributed by atoms with E-state index in [0.29, 0.717) is 31.6 Å². The molecule has 0 bridgehead atoms. The van der Waals surface area contributed by atoms with E-state index in [-0.39, 0.29) is 10.3 Å². The van der Waals surface area contributed by atoms with Gasteiger partial charge in [-0.1, -0.05) is 6.42 Å². The summed E-state index contributed by atoms with van der Waals surface area (Å²) in [7, 11) is -1.81. The van der Waals surface area contributed by atoms with Gasteiger partial charge in [-0.3, -0.25) is 4.68 Å². The smallest absolute Gasteiger partial charge is 0.316 e. The van der Waals surface area contributed by atoms with Crippen LogP contribution in [0.2, 0.25) is 0 Å². The molecule has 3 heterocycles. The average Bonchev–Trinajstić information content (AvgIpc) is 3.27. The van der Waals surface area contributed by atoms with Gasteiger partial charge in [-0.25, -0.2) is 18.4 Å². The van der Waals surface area contributed by atoms with E-state index in [2.05, 4.69) is 15.1 Å². The molecule has 0 aromatic carbocycles. The van der Waals surface area contributed by atoms with E-state index in [1.54, 1.807) is 23.7 Å². The molecule has 0 radical (unpaired) electrons. The maximum absolute atomic E-state index is 12.9. The Bertz CT molecular complexity index is 913. The number of aryl methyl sites for hydroxylation is 2. The number of aromatic nitrogens is 4. The fraction of sp³-hybridized carbons (Fsp3) is 0.588. The molecule has 1 aliphatic carbocycles. The molecule has 2 aromatic rings. The minimum Gasteiger partial charge on any atom is -0.463 e. The van der Waals surface area contributed by atoms with E-state index in [0.717, 1.165) is 25.0 Å². The summed E-state index contributed by atoms with van der Waals surface area (Å²) in [4.78, 5) is 8.69. The second-order valence-corrected chi connectivity index (χ2v) is 9.31. The summed E-state index contributed by atoms with van der Waals surface area (Å²) in [5.41, 5.74) is 0.685. The van der Waals surface area contributed by atoms with Gasteiger partial charge in [-0.05, 0) is 31.7 Å². The highest BCUT2D eigenvalue weighted by Crippen LogP contribution is 2.50. The van der Waals surface area contributed by atoms with E-state index in [1.165, 1.54) is 10.9 Å². The molecule has 0 amide bonds. The van der Waals surface area contributed by atoms with E-state index in [4.69, 9.17) is 4.74 Å². The van der Waals surface area contributed by atoms with Gasteiger partial charge >= 0.3 is 6.01 Å². The lowest BCUT2D eigenvalue weighted by Gasteiger charge is -2.28. The van der Waals surface area contributed by atoms with Crippen molar-refractivity contribution in [3.63, 3.8) is 0 Å². The molecule has 0 spiro atoms. The van der Waals surface area contributed by atoms with Crippen molar-refractivity contribution in [1.29, 1.82) is 0 Å². The monoisotopic (exact) mass is 377 g/mol. The predicted octanol–water partition coefficient (Wildman–Crippen LogP) is 1.39. The number of hydrogen-bond donors (Lipinski definition) is 0. The highest BCUT2D eigenvalue weighted by Gasteiger charge is 2.53. The van der Waals surface area contributed by atoms with Crippen LogP contribution >= 0.6 is 0 Å². The van der Waals surface area contributed by atoms with Crippen molar-refractivity contribution in [3.05, 3.63) is 30.4 Å². The standard InChI is InChI=1S/C17H23N5O3S/c1-13-5-7-18-16(20-13)25-12-17-6-3-4-14(17)9-22(11-17)26(23,24)15-8-19-21(2)10-15/h5,7-8,10,14H,3-4,6,9,11-12H2,1-2H3. The first-order valence-electron chi connectivity index (χ1n) is 8.80. The zero-order chi connectivity index (χ0) is 18.4. The Morgan fingerprint density at radius 3 is 3.00 bits per heavy atom. The third-order valence-corrected chi connectivity index (χ3v) is 7.35. The van der Waals surface area contributed by atoms with Crippen LogP contribution in [-0.4, -0.2) is 52.2 Å². The molecule has 2 atom stereocenters. The second-order valence-electron chi connectivity index (χ2n) is 7.37. The lowest BCUT2D eigenvalue weighted by molar-refractivity contribution is 0.125. The quantitative estimate of drug-likeness (QED) is 0.782. The van der Waals surface area contributed by atoms with Crippen LogP contribution in [0, 0.1) is 18.3 Å². The topological polar surface area (TPSA) is 90.2 Å². The van der Waals surface area contributed by atoms with E-state index < -0.39 is 10.0 Å². The average molecular weight is 377 g/mol. The minimum atomic E-state index is -3.52. The van der Waals surface area contributed by atoms with Crippen LogP contribution in [0.4, 0.5) is 0 Å². The number of sulfonamides is 1. The van der Waals surface area contributed by atoms with Crippen LogP contribution in [-0.2, 0) is 17.1 Å². The van der Waals surface area contributed by atoms with Crippen LogP contribution in [0.1, 0.15) is 25.0 Å². The van der Waals surface area contributed by atoms with Gasteiger partial charge in [0.2, 0.25) is 10.0 Å². The Labute approximate surface area is 153 Å². The Hall–Kier alpha value is -2.00. The van der Waals surface area contributed by atoms with Gasteiger partial charge in [-0.2, -0.15) is 9.40 Å². The summed E-state index contributed by atoms with van der Waals surface area (Å²) >= 11 is 0. The first-order valence-corrected chi connectivity index (χ1v) is 10.2. The zero-order valence-corrected chi connectivity index (χ0v) is 15.8. The highest BCUT2D eigenvalue weighted by molar-refractivity contribution is 7.89. The predicted molar refractivity (Wildman–Crippen MR) is 94.0 cm³/mol. The molecule has 2 unspecified atom stereocenters. The summed E-state index contributed by atoms with van der Waals surface area (Å²) in [6, 6.07) is 2.18. The molecule has 9 heteroatoms. The summed E-state index contributed by atoms with van der Waals surface area (Å²) in [6.45, 7) is 3.35. The minimum absolute atomic E-state index is 0.164. The van der Waals surface area contributed by atoms with Gasteiger partial charge in [-0.15, -0.1) is 0 Å². The molecule has 2 aliphatic rings. The van der Waals surface area contributed by atoms with Gasteiger partial charge in [0.25, 0.3) is 0 Å². The Balaban J connectivity index is 1.53. The largest absolute Gasteiger partial charge is 0.463 e. The van der Waals surface area contributed by atoms with E-state index in [1.807, 2.05) is 13.0 Å². The number of rotatable bonds is 5. The van der Waals surface area contributed by atoms with Crippen molar-refractivity contribution < 1.29 is 13.2 Å². The molecule has 140 valence electrons. The molecule has 1 saturated carbocycles. The van der Waals surface area contributed by atoms with Gasteiger partial charge in [0.1, 0.15) is 4.90 Å². The van der Waals surface area contributed by atoms with E-state index >= 15 is 0 Å². The second kappa shape index (κ2) is 6.31. The maximum Gasteiger partial charge on any atom is 0.316 e. The third-order valence-electron chi connectivity index (χ3n) is 5.59.